The monoisotopic (exact) mass is 338 g/mol. The minimum absolute atomic E-state index is 1.03. The molecule has 3 aromatic rings. The van der Waals surface area contributed by atoms with E-state index < -0.39 is 0 Å². The van der Waals surface area contributed by atoms with Gasteiger partial charge < -0.3 is 0 Å². The molecule has 0 aliphatic carbocycles. The fourth-order valence-electron chi connectivity index (χ4n) is 2.95. The molecule has 2 heterocycles. The molecule has 0 bridgehead atoms. The molecule has 3 heteroatoms. The van der Waals surface area contributed by atoms with E-state index in [1.807, 2.05) is 11.8 Å². The molecule has 2 aromatic heterocycles. The second-order valence-corrected chi connectivity index (χ2v) is 7.26. The SMILES string of the molecule is CCCCCCCCSc1c(-c2ccccc2)nc2ccccn12. The Labute approximate surface area is 149 Å². The second kappa shape index (κ2) is 8.93. The number of hydrogen-bond acceptors (Lipinski definition) is 2. The summed E-state index contributed by atoms with van der Waals surface area (Å²) >= 11 is 1.94. The first-order chi connectivity index (χ1) is 11.9. The average molecular weight is 339 g/mol. The van der Waals surface area contributed by atoms with Gasteiger partial charge in [0.15, 0.2) is 0 Å². The van der Waals surface area contributed by atoms with E-state index in [2.05, 4.69) is 66.1 Å². The van der Waals surface area contributed by atoms with Gasteiger partial charge in [-0.05, 0) is 24.3 Å². The lowest BCUT2D eigenvalue weighted by atomic mass is 10.1. The predicted molar refractivity (Wildman–Crippen MR) is 105 cm³/mol. The van der Waals surface area contributed by atoms with Crippen molar-refractivity contribution in [1.29, 1.82) is 0 Å². The molecule has 0 aliphatic heterocycles. The number of fused-ring (bicyclic) bond motifs is 1. The Kier molecular flexibility index (Phi) is 6.36. The van der Waals surface area contributed by atoms with Gasteiger partial charge in [-0.15, -0.1) is 11.8 Å². The molecule has 0 unspecified atom stereocenters. The van der Waals surface area contributed by atoms with Crippen LogP contribution in [0.4, 0.5) is 0 Å². The van der Waals surface area contributed by atoms with Crippen molar-refractivity contribution in [2.45, 2.75) is 50.5 Å². The number of thioether (sulfide) groups is 1. The number of unbranched alkanes of at least 4 members (excludes halogenated alkanes) is 5. The van der Waals surface area contributed by atoms with Crippen LogP contribution in [0.3, 0.4) is 0 Å². The topological polar surface area (TPSA) is 17.3 Å². The maximum absolute atomic E-state index is 4.86. The summed E-state index contributed by atoms with van der Waals surface area (Å²) in [6.07, 6.45) is 10.2. The molecule has 0 fully saturated rings. The van der Waals surface area contributed by atoms with Gasteiger partial charge in [0.25, 0.3) is 0 Å². The molecule has 126 valence electrons. The van der Waals surface area contributed by atoms with Gasteiger partial charge in [0.05, 0.1) is 0 Å². The maximum atomic E-state index is 4.86. The Morgan fingerprint density at radius 3 is 2.46 bits per heavy atom. The van der Waals surface area contributed by atoms with Crippen LogP contribution in [-0.2, 0) is 0 Å². The molecular formula is C21H26N2S. The molecule has 1 aromatic carbocycles. The van der Waals surface area contributed by atoms with Crippen LogP contribution in [-0.4, -0.2) is 15.1 Å². The standard InChI is InChI=1S/C21H26N2S/c1-2-3-4-5-6-12-17-24-21-20(18-13-8-7-9-14-18)22-19-15-10-11-16-23(19)21/h7-11,13-16H,2-6,12,17H2,1H3. The van der Waals surface area contributed by atoms with Crippen LogP contribution in [0.25, 0.3) is 16.9 Å². The molecule has 3 rings (SSSR count). The molecule has 24 heavy (non-hydrogen) atoms. The van der Waals surface area contributed by atoms with Crippen molar-refractivity contribution < 1.29 is 0 Å². The van der Waals surface area contributed by atoms with E-state index in [9.17, 15) is 0 Å². The predicted octanol–water partition coefficient (Wildman–Crippen LogP) is 6.45. The summed E-state index contributed by atoms with van der Waals surface area (Å²) in [7, 11) is 0. The summed E-state index contributed by atoms with van der Waals surface area (Å²) in [5.74, 6) is 1.16. The highest BCUT2D eigenvalue weighted by atomic mass is 32.2. The minimum atomic E-state index is 1.03. The Morgan fingerprint density at radius 2 is 1.62 bits per heavy atom. The van der Waals surface area contributed by atoms with E-state index in [1.54, 1.807) is 0 Å². The van der Waals surface area contributed by atoms with Crippen LogP contribution in [0.15, 0.2) is 59.8 Å². The molecule has 2 nitrogen and oxygen atoms in total. The van der Waals surface area contributed by atoms with E-state index in [4.69, 9.17) is 4.98 Å². The number of benzene rings is 1. The van der Waals surface area contributed by atoms with Crippen molar-refractivity contribution in [2.24, 2.45) is 0 Å². The summed E-state index contributed by atoms with van der Waals surface area (Å²) in [5, 5.41) is 1.27. The summed E-state index contributed by atoms with van der Waals surface area (Å²) in [6, 6.07) is 16.7. The van der Waals surface area contributed by atoms with Crippen molar-refractivity contribution in [3.63, 3.8) is 0 Å². The van der Waals surface area contributed by atoms with Crippen molar-refractivity contribution in [3.8, 4) is 11.3 Å². The number of hydrogen-bond donors (Lipinski definition) is 0. The van der Waals surface area contributed by atoms with Crippen molar-refractivity contribution in [3.05, 3.63) is 54.7 Å². The summed E-state index contributed by atoms with van der Waals surface area (Å²) < 4.78 is 2.23. The second-order valence-electron chi connectivity index (χ2n) is 6.18. The average Bonchev–Trinajstić information content (AvgIpc) is 3.00. The van der Waals surface area contributed by atoms with Gasteiger partial charge in [-0.3, -0.25) is 4.40 Å². The third-order valence-electron chi connectivity index (χ3n) is 4.27. The Bertz CT molecular complexity index is 749. The largest absolute Gasteiger partial charge is 0.294 e. The zero-order valence-corrected chi connectivity index (χ0v) is 15.3. The third-order valence-corrected chi connectivity index (χ3v) is 5.43. The molecule has 0 radical (unpaired) electrons. The van der Waals surface area contributed by atoms with Gasteiger partial charge in [0, 0.05) is 11.8 Å². The lowest BCUT2D eigenvalue weighted by molar-refractivity contribution is 0.627. The van der Waals surface area contributed by atoms with E-state index in [-0.39, 0.29) is 0 Å². The Balaban J connectivity index is 1.71. The van der Waals surface area contributed by atoms with Gasteiger partial charge in [0.1, 0.15) is 16.4 Å². The van der Waals surface area contributed by atoms with Crippen molar-refractivity contribution in [2.75, 3.05) is 5.75 Å². The third kappa shape index (κ3) is 4.21. The van der Waals surface area contributed by atoms with E-state index >= 15 is 0 Å². The fraction of sp³-hybridized carbons (Fsp3) is 0.381. The molecule has 0 spiro atoms. The van der Waals surface area contributed by atoms with Crippen LogP contribution < -0.4 is 0 Å². The van der Waals surface area contributed by atoms with Crippen LogP contribution in [0.5, 0.6) is 0 Å². The van der Waals surface area contributed by atoms with E-state index in [0.717, 1.165) is 17.1 Å². The molecule has 0 N–H and O–H groups in total. The first-order valence-electron chi connectivity index (χ1n) is 9.05. The van der Waals surface area contributed by atoms with Crippen LogP contribution in [0.2, 0.25) is 0 Å². The minimum Gasteiger partial charge on any atom is -0.294 e. The smallest absolute Gasteiger partial charge is 0.138 e. The summed E-state index contributed by atoms with van der Waals surface area (Å²) in [4.78, 5) is 4.86. The zero-order chi connectivity index (χ0) is 16.6. The van der Waals surface area contributed by atoms with E-state index in [0.29, 0.717) is 0 Å². The number of rotatable bonds is 9. The quantitative estimate of drug-likeness (QED) is 0.329. The van der Waals surface area contributed by atoms with Crippen LogP contribution in [0.1, 0.15) is 45.4 Å². The highest BCUT2D eigenvalue weighted by molar-refractivity contribution is 7.99. The van der Waals surface area contributed by atoms with Crippen molar-refractivity contribution in [1.82, 2.24) is 9.38 Å². The van der Waals surface area contributed by atoms with Crippen LogP contribution in [0, 0.1) is 0 Å². The van der Waals surface area contributed by atoms with E-state index in [1.165, 1.54) is 49.1 Å². The number of pyridine rings is 1. The van der Waals surface area contributed by atoms with Gasteiger partial charge in [-0.1, -0.05) is 75.4 Å². The lowest BCUT2D eigenvalue weighted by Gasteiger charge is -2.05. The molecule has 0 aliphatic rings. The normalized spacial score (nSPS) is 11.2. The Hall–Kier alpha value is -1.74. The molecular weight excluding hydrogens is 312 g/mol. The molecule has 0 atom stereocenters. The Morgan fingerprint density at radius 1 is 0.875 bits per heavy atom. The highest BCUT2D eigenvalue weighted by Crippen LogP contribution is 2.32. The molecule has 0 saturated heterocycles. The lowest BCUT2D eigenvalue weighted by Crippen LogP contribution is -1.89. The first kappa shape index (κ1) is 17.1. The van der Waals surface area contributed by atoms with Gasteiger partial charge in [-0.2, -0.15) is 0 Å². The van der Waals surface area contributed by atoms with Gasteiger partial charge in [0.2, 0.25) is 0 Å². The van der Waals surface area contributed by atoms with Crippen LogP contribution >= 0.6 is 11.8 Å². The van der Waals surface area contributed by atoms with Gasteiger partial charge in [-0.25, -0.2) is 4.98 Å². The number of nitrogens with zero attached hydrogens (tertiary/aromatic N) is 2. The molecule has 0 amide bonds. The number of aromatic nitrogens is 2. The fourth-order valence-corrected chi connectivity index (χ4v) is 4.08. The number of imidazole rings is 1. The highest BCUT2D eigenvalue weighted by Gasteiger charge is 2.13. The van der Waals surface area contributed by atoms with Crippen molar-refractivity contribution >= 4 is 17.4 Å². The first-order valence-corrected chi connectivity index (χ1v) is 10.0. The summed E-state index contributed by atoms with van der Waals surface area (Å²) in [5.41, 5.74) is 3.34. The summed E-state index contributed by atoms with van der Waals surface area (Å²) in [6.45, 7) is 2.27. The van der Waals surface area contributed by atoms with Gasteiger partial charge >= 0.3 is 0 Å². The molecule has 0 saturated carbocycles. The zero-order valence-electron chi connectivity index (χ0n) is 14.4. The maximum Gasteiger partial charge on any atom is 0.138 e.